The van der Waals surface area contributed by atoms with E-state index in [0.29, 0.717) is 12.8 Å². The fraction of sp³-hybridized carbons (Fsp3) is 0.867. The third-order valence-corrected chi connectivity index (χ3v) is 3.06. The van der Waals surface area contributed by atoms with Crippen molar-refractivity contribution in [1.82, 2.24) is 0 Å². The Balaban J connectivity index is 0. The number of carboxylic acid groups (broad SMARTS) is 2. The lowest BCUT2D eigenvalue weighted by Crippen LogP contribution is -2.23. The summed E-state index contributed by atoms with van der Waals surface area (Å²) in [6, 6.07) is 0. The van der Waals surface area contributed by atoms with Gasteiger partial charge in [0.2, 0.25) is 0 Å². The van der Waals surface area contributed by atoms with E-state index in [-0.39, 0.29) is 6.42 Å². The van der Waals surface area contributed by atoms with Crippen molar-refractivity contribution in [3.05, 3.63) is 0 Å². The molecule has 6 nitrogen and oxygen atoms in total. The molecule has 0 aromatic heterocycles. The number of aliphatic carboxylic acids is 2. The lowest BCUT2D eigenvalue weighted by molar-refractivity contribution is -0.154. The van der Waals surface area contributed by atoms with Crippen LogP contribution in [0.3, 0.4) is 0 Å². The zero-order chi connectivity index (χ0) is 16.7. The molecule has 0 aromatic carbocycles. The molecule has 0 aliphatic carbocycles. The molecule has 0 radical (unpaired) electrons. The van der Waals surface area contributed by atoms with E-state index in [1.165, 1.54) is 25.7 Å². The van der Waals surface area contributed by atoms with Gasteiger partial charge in [-0.15, -0.1) is 0 Å². The highest BCUT2D eigenvalue weighted by Gasteiger charge is 2.24. The van der Waals surface area contributed by atoms with Gasteiger partial charge in [-0.25, -0.2) is 0 Å². The Morgan fingerprint density at radius 1 is 0.810 bits per heavy atom. The van der Waals surface area contributed by atoms with Crippen LogP contribution in [0, 0.1) is 5.92 Å². The molecule has 0 unspecified atom stereocenters. The monoisotopic (exact) mass is 306 g/mol. The van der Waals surface area contributed by atoms with E-state index in [9.17, 15) is 9.59 Å². The van der Waals surface area contributed by atoms with Gasteiger partial charge in [-0.1, -0.05) is 58.8 Å². The molecule has 21 heavy (non-hydrogen) atoms. The molecule has 0 saturated heterocycles. The highest BCUT2D eigenvalue weighted by Crippen LogP contribution is 2.13. The third kappa shape index (κ3) is 16.8. The van der Waals surface area contributed by atoms with Gasteiger partial charge in [-0.3, -0.25) is 9.59 Å². The van der Waals surface area contributed by atoms with Crippen LogP contribution in [0.1, 0.15) is 71.6 Å². The highest BCUT2D eigenvalue weighted by molar-refractivity contribution is 5.92. The standard InChI is InChI=1S/C12H22O4.C3H8O2/c1-2-3-4-5-6-7-8-9-10(11(13)14)12(15)16;1-2-3(4)5/h10H,2-9H2,1H3,(H,13,14)(H,15,16);3-5H,2H2,1H3. The predicted octanol–water partition coefficient (Wildman–Crippen LogP) is 2.62. The first kappa shape index (κ1) is 22.1. The van der Waals surface area contributed by atoms with Gasteiger partial charge >= 0.3 is 11.9 Å². The predicted molar refractivity (Wildman–Crippen MR) is 79.9 cm³/mol. The zero-order valence-corrected chi connectivity index (χ0v) is 13.1. The van der Waals surface area contributed by atoms with Crippen molar-refractivity contribution >= 4 is 11.9 Å². The molecule has 6 heteroatoms. The molecule has 0 spiro atoms. The van der Waals surface area contributed by atoms with Crippen LogP contribution in [0.4, 0.5) is 0 Å². The molecule has 0 aliphatic rings. The Kier molecular flexibility index (Phi) is 16.1. The molecular formula is C15H30O6. The maximum atomic E-state index is 10.6. The average molecular weight is 306 g/mol. The summed E-state index contributed by atoms with van der Waals surface area (Å²) in [4.78, 5) is 21.1. The number of aliphatic hydroxyl groups is 2. The first-order valence-corrected chi connectivity index (χ1v) is 7.68. The van der Waals surface area contributed by atoms with Crippen LogP contribution in [-0.2, 0) is 9.59 Å². The number of aliphatic hydroxyl groups excluding tert-OH is 1. The number of unbranched alkanes of at least 4 members (excludes halogenated alkanes) is 6. The molecule has 0 bridgehead atoms. The van der Waals surface area contributed by atoms with Crippen LogP contribution in [0.15, 0.2) is 0 Å². The summed E-state index contributed by atoms with van der Waals surface area (Å²) in [5.74, 6) is -3.67. The molecule has 126 valence electrons. The number of carboxylic acids is 2. The minimum atomic E-state index is -1.23. The summed E-state index contributed by atoms with van der Waals surface area (Å²) in [6.07, 6.45) is 7.08. The Bertz CT molecular complexity index is 251. The highest BCUT2D eigenvalue weighted by atomic mass is 16.5. The Labute approximate surface area is 126 Å². The summed E-state index contributed by atoms with van der Waals surface area (Å²) < 4.78 is 0. The largest absolute Gasteiger partial charge is 0.481 e. The molecule has 0 aromatic rings. The summed E-state index contributed by atoms with van der Waals surface area (Å²) in [7, 11) is 0. The molecule has 0 atom stereocenters. The van der Waals surface area contributed by atoms with E-state index < -0.39 is 24.1 Å². The zero-order valence-electron chi connectivity index (χ0n) is 13.1. The molecule has 0 heterocycles. The third-order valence-electron chi connectivity index (χ3n) is 3.06. The molecule has 0 fully saturated rings. The summed E-state index contributed by atoms with van der Waals surface area (Å²) in [5, 5.41) is 33.1. The Morgan fingerprint density at radius 2 is 1.19 bits per heavy atom. The smallest absolute Gasteiger partial charge is 0.317 e. The quantitative estimate of drug-likeness (QED) is 0.265. The van der Waals surface area contributed by atoms with E-state index in [1.54, 1.807) is 6.92 Å². The number of hydrogen-bond acceptors (Lipinski definition) is 4. The van der Waals surface area contributed by atoms with E-state index in [2.05, 4.69) is 6.92 Å². The van der Waals surface area contributed by atoms with Crippen LogP contribution in [0.5, 0.6) is 0 Å². The second-order valence-electron chi connectivity index (χ2n) is 5.03. The van der Waals surface area contributed by atoms with Crippen molar-refractivity contribution in [3.8, 4) is 0 Å². The maximum Gasteiger partial charge on any atom is 0.317 e. The van der Waals surface area contributed by atoms with E-state index >= 15 is 0 Å². The first-order valence-electron chi connectivity index (χ1n) is 7.68. The van der Waals surface area contributed by atoms with Crippen LogP contribution in [-0.4, -0.2) is 38.7 Å². The van der Waals surface area contributed by atoms with Gasteiger partial charge in [0.15, 0.2) is 12.2 Å². The van der Waals surface area contributed by atoms with Gasteiger partial charge in [0.1, 0.15) is 0 Å². The summed E-state index contributed by atoms with van der Waals surface area (Å²) in [6.45, 7) is 3.86. The van der Waals surface area contributed by atoms with Gasteiger partial charge < -0.3 is 20.4 Å². The first-order chi connectivity index (χ1) is 9.86. The fourth-order valence-corrected chi connectivity index (χ4v) is 1.66. The lowest BCUT2D eigenvalue weighted by atomic mass is 10.0. The topological polar surface area (TPSA) is 115 Å². The molecule has 0 saturated carbocycles. The molecule has 0 rings (SSSR count). The van der Waals surface area contributed by atoms with Crippen molar-refractivity contribution in [2.45, 2.75) is 77.9 Å². The number of rotatable bonds is 11. The van der Waals surface area contributed by atoms with Crippen molar-refractivity contribution in [3.63, 3.8) is 0 Å². The van der Waals surface area contributed by atoms with Crippen LogP contribution in [0.2, 0.25) is 0 Å². The second-order valence-corrected chi connectivity index (χ2v) is 5.03. The molecular weight excluding hydrogens is 276 g/mol. The number of carbonyl (C=O) groups is 2. The normalized spacial score (nSPS) is 10.4. The summed E-state index contributed by atoms with van der Waals surface area (Å²) >= 11 is 0. The summed E-state index contributed by atoms with van der Waals surface area (Å²) in [5.41, 5.74) is 0. The van der Waals surface area contributed by atoms with E-state index in [0.717, 1.165) is 12.8 Å². The Morgan fingerprint density at radius 3 is 1.52 bits per heavy atom. The fourth-order valence-electron chi connectivity index (χ4n) is 1.66. The minimum absolute atomic E-state index is 0.248. The van der Waals surface area contributed by atoms with Crippen molar-refractivity contribution in [1.29, 1.82) is 0 Å². The number of hydrogen-bond donors (Lipinski definition) is 4. The van der Waals surface area contributed by atoms with Gasteiger partial charge in [0, 0.05) is 0 Å². The van der Waals surface area contributed by atoms with Gasteiger partial charge in [0.05, 0.1) is 0 Å². The maximum absolute atomic E-state index is 10.6. The van der Waals surface area contributed by atoms with E-state index in [1.807, 2.05) is 0 Å². The average Bonchev–Trinajstić information content (AvgIpc) is 2.41. The van der Waals surface area contributed by atoms with Crippen molar-refractivity contribution in [2.75, 3.05) is 0 Å². The molecule has 0 aliphatic heterocycles. The van der Waals surface area contributed by atoms with Crippen molar-refractivity contribution in [2.24, 2.45) is 5.92 Å². The van der Waals surface area contributed by atoms with Crippen LogP contribution in [0.25, 0.3) is 0 Å². The SMILES string of the molecule is CCC(O)O.CCCCCCCCCC(C(=O)O)C(=O)O. The van der Waals surface area contributed by atoms with Gasteiger partial charge in [-0.2, -0.15) is 0 Å². The Hall–Kier alpha value is -1.14. The van der Waals surface area contributed by atoms with Crippen LogP contribution >= 0.6 is 0 Å². The van der Waals surface area contributed by atoms with E-state index in [4.69, 9.17) is 20.4 Å². The minimum Gasteiger partial charge on any atom is -0.481 e. The van der Waals surface area contributed by atoms with Gasteiger partial charge in [-0.05, 0) is 12.8 Å². The van der Waals surface area contributed by atoms with Crippen LogP contribution < -0.4 is 0 Å². The lowest BCUT2D eigenvalue weighted by Gasteiger charge is -2.06. The molecule has 0 amide bonds. The molecule has 4 N–H and O–H groups in total. The van der Waals surface area contributed by atoms with Gasteiger partial charge in [0.25, 0.3) is 0 Å². The van der Waals surface area contributed by atoms with Crippen molar-refractivity contribution < 1.29 is 30.0 Å². The second kappa shape index (κ2) is 15.3.